The Morgan fingerprint density at radius 3 is 2.52 bits per heavy atom. The number of benzene rings is 1. The Hall–Kier alpha value is -1.97. The Morgan fingerprint density at radius 2 is 1.91 bits per heavy atom. The molecule has 1 aliphatic heterocycles. The Balaban J connectivity index is 1.55. The second-order valence-corrected chi connectivity index (χ2v) is 11.4. The SMILES string of the molecule is CCn1c(CCC(=O)N(C2CC2)C(C)C(C)C)nc2cc(S(=O)(=O)N3CCOCC3)ccc21. The highest BCUT2D eigenvalue weighted by molar-refractivity contribution is 7.89. The zero-order chi connectivity index (χ0) is 23.8. The number of morpholine rings is 1. The van der Waals surface area contributed by atoms with Gasteiger partial charge in [-0.25, -0.2) is 13.4 Å². The van der Waals surface area contributed by atoms with Gasteiger partial charge in [0.15, 0.2) is 0 Å². The number of hydrogen-bond donors (Lipinski definition) is 0. The molecule has 182 valence electrons. The second-order valence-electron chi connectivity index (χ2n) is 9.46. The van der Waals surface area contributed by atoms with Crippen molar-refractivity contribution in [1.29, 1.82) is 0 Å². The van der Waals surface area contributed by atoms with Crippen LogP contribution in [-0.4, -0.2) is 71.5 Å². The lowest BCUT2D eigenvalue weighted by Gasteiger charge is -2.32. The largest absolute Gasteiger partial charge is 0.379 e. The minimum absolute atomic E-state index is 0.184. The lowest BCUT2D eigenvalue weighted by atomic mass is 10.0. The van der Waals surface area contributed by atoms with Gasteiger partial charge < -0.3 is 14.2 Å². The number of rotatable bonds is 9. The molecule has 4 rings (SSSR count). The maximum Gasteiger partial charge on any atom is 0.243 e. The predicted molar refractivity (Wildman–Crippen MR) is 127 cm³/mol. The van der Waals surface area contributed by atoms with Crippen molar-refractivity contribution in [3.63, 3.8) is 0 Å². The zero-order valence-corrected chi connectivity index (χ0v) is 21.0. The second kappa shape index (κ2) is 9.72. The molecule has 2 heterocycles. The van der Waals surface area contributed by atoms with Crippen LogP contribution in [0, 0.1) is 5.92 Å². The number of carbonyl (C=O) groups is 1. The van der Waals surface area contributed by atoms with Crippen molar-refractivity contribution in [2.75, 3.05) is 26.3 Å². The molecule has 1 aromatic heterocycles. The molecule has 2 aliphatic rings. The number of sulfonamides is 1. The molecule has 1 amide bonds. The molecule has 0 bridgehead atoms. The summed E-state index contributed by atoms with van der Waals surface area (Å²) in [6.07, 6.45) is 3.14. The molecule has 1 saturated carbocycles. The van der Waals surface area contributed by atoms with Crippen LogP contribution >= 0.6 is 0 Å². The quantitative estimate of drug-likeness (QED) is 0.555. The van der Waals surface area contributed by atoms with E-state index in [-0.39, 0.29) is 16.8 Å². The fourth-order valence-electron chi connectivity index (χ4n) is 4.58. The molecule has 33 heavy (non-hydrogen) atoms. The van der Waals surface area contributed by atoms with Crippen molar-refractivity contribution < 1.29 is 17.9 Å². The minimum Gasteiger partial charge on any atom is -0.379 e. The summed E-state index contributed by atoms with van der Waals surface area (Å²) >= 11 is 0. The van der Waals surface area contributed by atoms with Crippen molar-refractivity contribution in [2.45, 2.75) is 76.9 Å². The number of aromatic nitrogens is 2. The van der Waals surface area contributed by atoms with Crippen LogP contribution in [0.1, 0.15) is 52.8 Å². The fraction of sp³-hybridized carbons (Fsp3) is 0.667. The van der Waals surface area contributed by atoms with Crippen molar-refractivity contribution in [2.24, 2.45) is 5.92 Å². The lowest BCUT2D eigenvalue weighted by Crippen LogP contribution is -2.43. The van der Waals surface area contributed by atoms with Crippen LogP contribution < -0.4 is 0 Å². The molecule has 1 unspecified atom stereocenters. The van der Waals surface area contributed by atoms with Gasteiger partial charge in [0.25, 0.3) is 0 Å². The van der Waals surface area contributed by atoms with Crippen LogP contribution in [0.4, 0.5) is 0 Å². The molecular weight excluding hydrogens is 440 g/mol. The highest BCUT2D eigenvalue weighted by atomic mass is 32.2. The van der Waals surface area contributed by atoms with Crippen LogP contribution in [0.15, 0.2) is 23.1 Å². The molecule has 0 radical (unpaired) electrons. The molecule has 2 fully saturated rings. The molecule has 2 aromatic rings. The predicted octanol–water partition coefficient (Wildman–Crippen LogP) is 3.05. The number of aryl methyl sites for hydroxylation is 2. The average molecular weight is 477 g/mol. The van der Waals surface area contributed by atoms with E-state index in [2.05, 4.69) is 30.2 Å². The Morgan fingerprint density at radius 1 is 1.21 bits per heavy atom. The van der Waals surface area contributed by atoms with Crippen LogP contribution in [0.3, 0.4) is 0 Å². The number of ether oxygens (including phenoxy) is 1. The number of imidazole rings is 1. The Labute approximate surface area is 196 Å². The molecule has 1 aliphatic carbocycles. The van der Waals surface area contributed by atoms with Gasteiger partial charge in [0.05, 0.1) is 29.1 Å². The third-order valence-corrected chi connectivity index (χ3v) is 8.81. The molecule has 0 spiro atoms. The van der Waals surface area contributed by atoms with E-state index in [1.807, 2.05) is 13.0 Å². The summed E-state index contributed by atoms with van der Waals surface area (Å²) < 4.78 is 35.0. The summed E-state index contributed by atoms with van der Waals surface area (Å²) in [7, 11) is -3.58. The number of fused-ring (bicyclic) bond motifs is 1. The number of carbonyl (C=O) groups excluding carboxylic acids is 1. The molecule has 0 N–H and O–H groups in total. The number of amides is 1. The summed E-state index contributed by atoms with van der Waals surface area (Å²) in [5, 5.41) is 0. The van der Waals surface area contributed by atoms with Crippen LogP contribution in [0.5, 0.6) is 0 Å². The first-order valence-corrected chi connectivity index (χ1v) is 13.6. The summed E-state index contributed by atoms with van der Waals surface area (Å²) in [5.41, 5.74) is 1.55. The maximum atomic E-state index is 13.1. The molecular formula is C24H36N4O4S. The van der Waals surface area contributed by atoms with E-state index in [4.69, 9.17) is 9.72 Å². The van der Waals surface area contributed by atoms with Gasteiger partial charge in [-0.1, -0.05) is 13.8 Å². The summed E-state index contributed by atoms with van der Waals surface area (Å²) in [6, 6.07) is 5.77. The van der Waals surface area contributed by atoms with E-state index in [1.165, 1.54) is 4.31 Å². The Bertz CT molecular complexity index is 1100. The number of nitrogens with zero attached hydrogens (tertiary/aromatic N) is 4. The van der Waals surface area contributed by atoms with E-state index in [9.17, 15) is 13.2 Å². The molecule has 8 nitrogen and oxygen atoms in total. The third kappa shape index (κ3) is 4.95. The smallest absolute Gasteiger partial charge is 0.243 e. The van der Waals surface area contributed by atoms with Crippen molar-refractivity contribution >= 4 is 27.0 Å². The van der Waals surface area contributed by atoms with E-state index < -0.39 is 10.0 Å². The normalized spacial score (nSPS) is 18.7. The zero-order valence-electron chi connectivity index (χ0n) is 20.2. The van der Waals surface area contributed by atoms with E-state index in [1.54, 1.807) is 12.1 Å². The van der Waals surface area contributed by atoms with Gasteiger partial charge in [0.2, 0.25) is 15.9 Å². The third-order valence-electron chi connectivity index (χ3n) is 6.92. The van der Waals surface area contributed by atoms with Gasteiger partial charge in [-0.05, 0) is 50.8 Å². The van der Waals surface area contributed by atoms with E-state index in [0.717, 1.165) is 24.2 Å². The maximum absolute atomic E-state index is 13.1. The highest BCUT2D eigenvalue weighted by Crippen LogP contribution is 2.31. The molecule has 1 atom stereocenters. The standard InChI is InChI=1S/C24H36N4O4S/c1-5-27-22-9-8-20(33(30,31)26-12-14-32-15-13-26)16-21(22)25-23(27)10-11-24(29)28(19-6-7-19)18(4)17(2)3/h8-9,16-19H,5-7,10-15H2,1-4H3. The highest BCUT2D eigenvalue weighted by Gasteiger charge is 2.36. The summed E-state index contributed by atoms with van der Waals surface area (Å²) in [4.78, 5) is 20.2. The fourth-order valence-corrected chi connectivity index (χ4v) is 6.01. The van der Waals surface area contributed by atoms with Crippen LogP contribution in [0.25, 0.3) is 11.0 Å². The first kappa shape index (κ1) is 24.2. The van der Waals surface area contributed by atoms with Gasteiger partial charge in [0, 0.05) is 44.6 Å². The summed E-state index contributed by atoms with van der Waals surface area (Å²) in [5.74, 6) is 1.43. The van der Waals surface area contributed by atoms with Gasteiger partial charge in [-0.2, -0.15) is 4.31 Å². The van der Waals surface area contributed by atoms with Crippen molar-refractivity contribution in [1.82, 2.24) is 18.8 Å². The van der Waals surface area contributed by atoms with Crippen molar-refractivity contribution in [3.05, 3.63) is 24.0 Å². The monoisotopic (exact) mass is 476 g/mol. The minimum atomic E-state index is -3.58. The molecule has 1 aromatic carbocycles. The van der Waals surface area contributed by atoms with Gasteiger partial charge in [0.1, 0.15) is 5.82 Å². The van der Waals surface area contributed by atoms with Gasteiger partial charge in [-0.3, -0.25) is 4.79 Å². The molecule has 9 heteroatoms. The topological polar surface area (TPSA) is 84.7 Å². The average Bonchev–Trinajstić information content (AvgIpc) is 3.57. The first-order chi connectivity index (χ1) is 15.7. The first-order valence-electron chi connectivity index (χ1n) is 12.1. The lowest BCUT2D eigenvalue weighted by molar-refractivity contribution is -0.134. The van der Waals surface area contributed by atoms with Crippen LogP contribution in [-0.2, 0) is 32.5 Å². The number of hydrogen-bond acceptors (Lipinski definition) is 5. The van der Waals surface area contributed by atoms with E-state index in [0.29, 0.717) is 63.2 Å². The van der Waals surface area contributed by atoms with E-state index >= 15 is 0 Å². The Kier molecular flexibility index (Phi) is 7.12. The molecule has 1 saturated heterocycles. The van der Waals surface area contributed by atoms with Crippen molar-refractivity contribution in [3.8, 4) is 0 Å². The van der Waals surface area contributed by atoms with Gasteiger partial charge >= 0.3 is 0 Å². The van der Waals surface area contributed by atoms with Gasteiger partial charge in [-0.15, -0.1) is 0 Å². The van der Waals surface area contributed by atoms with Crippen LogP contribution in [0.2, 0.25) is 0 Å². The summed E-state index contributed by atoms with van der Waals surface area (Å²) in [6.45, 7) is 10.8.